The van der Waals surface area contributed by atoms with E-state index in [1.807, 2.05) is 30.3 Å². The van der Waals surface area contributed by atoms with E-state index in [9.17, 15) is 4.79 Å². The zero-order valence-electron chi connectivity index (χ0n) is 10.7. The van der Waals surface area contributed by atoms with Crippen molar-refractivity contribution >= 4 is 17.3 Å². The molecule has 1 aromatic heterocycles. The quantitative estimate of drug-likeness (QED) is 0.800. The van der Waals surface area contributed by atoms with Crippen molar-refractivity contribution in [1.82, 2.24) is 4.98 Å². The largest absolute Gasteiger partial charge is 0.399 e. The van der Waals surface area contributed by atoms with E-state index in [4.69, 9.17) is 11.5 Å². The van der Waals surface area contributed by atoms with Gasteiger partial charge in [0, 0.05) is 30.3 Å². The fourth-order valence-corrected chi connectivity index (χ4v) is 1.93. The molecule has 0 aliphatic rings. The van der Waals surface area contributed by atoms with Crippen molar-refractivity contribution in [3.05, 3.63) is 53.7 Å². The van der Waals surface area contributed by atoms with Gasteiger partial charge in [0.2, 0.25) is 0 Å². The van der Waals surface area contributed by atoms with Gasteiger partial charge in [0.25, 0.3) is 0 Å². The molecule has 4 heteroatoms. The first kappa shape index (κ1) is 13.1. The summed E-state index contributed by atoms with van der Waals surface area (Å²) in [6, 6.07) is 11.2. The first-order valence-electron chi connectivity index (χ1n) is 6.20. The standard InChI is InChI=1S/C15H17N3O/c16-13-5-1-3-11(9-13)6-7-14(19)10-12-4-2-8-18-15(12)17/h1-5,8-9H,6-7,10,16H2,(H2,17,18). The molecule has 4 N–H and O–H groups in total. The Bertz CT molecular complexity index is 581. The number of aromatic nitrogens is 1. The molecule has 0 atom stereocenters. The Morgan fingerprint density at radius 3 is 2.74 bits per heavy atom. The highest BCUT2D eigenvalue weighted by atomic mass is 16.1. The van der Waals surface area contributed by atoms with E-state index in [0.29, 0.717) is 25.1 Å². The highest BCUT2D eigenvalue weighted by Gasteiger charge is 2.07. The van der Waals surface area contributed by atoms with Crippen LogP contribution in [-0.4, -0.2) is 10.8 Å². The average molecular weight is 255 g/mol. The van der Waals surface area contributed by atoms with E-state index in [0.717, 1.165) is 16.8 Å². The number of nitrogens with two attached hydrogens (primary N) is 2. The number of hydrogen-bond donors (Lipinski definition) is 2. The third kappa shape index (κ3) is 3.81. The molecule has 0 fully saturated rings. The summed E-state index contributed by atoms with van der Waals surface area (Å²) in [5.74, 6) is 0.585. The van der Waals surface area contributed by atoms with E-state index >= 15 is 0 Å². The normalized spacial score (nSPS) is 10.3. The van der Waals surface area contributed by atoms with Crippen LogP contribution in [-0.2, 0) is 17.6 Å². The maximum Gasteiger partial charge on any atom is 0.137 e. The van der Waals surface area contributed by atoms with Gasteiger partial charge >= 0.3 is 0 Å². The number of ketones is 1. The molecule has 2 rings (SSSR count). The van der Waals surface area contributed by atoms with Crippen molar-refractivity contribution in [2.24, 2.45) is 0 Å². The van der Waals surface area contributed by atoms with Crippen LogP contribution < -0.4 is 11.5 Å². The minimum atomic E-state index is 0.155. The van der Waals surface area contributed by atoms with Gasteiger partial charge in [0.15, 0.2) is 0 Å². The first-order valence-corrected chi connectivity index (χ1v) is 6.20. The number of nitrogen functional groups attached to an aromatic ring is 2. The zero-order chi connectivity index (χ0) is 13.7. The van der Waals surface area contributed by atoms with Crippen molar-refractivity contribution in [3.63, 3.8) is 0 Å². The molecule has 98 valence electrons. The van der Waals surface area contributed by atoms with Crippen LogP contribution in [0.25, 0.3) is 0 Å². The number of benzene rings is 1. The van der Waals surface area contributed by atoms with Gasteiger partial charge in [0.1, 0.15) is 11.6 Å². The number of nitrogens with zero attached hydrogens (tertiary/aromatic N) is 1. The van der Waals surface area contributed by atoms with Gasteiger partial charge < -0.3 is 11.5 Å². The Morgan fingerprint density at radius 1 is 1.16 bits per heavy atom. The van der Waals surface area contributed by atoms with E-state index in [1.54, 1.807) is 12.3 Å². The van der Waals surface area contributed by atoms with E-state index < -0.39 is 0 Å². The molecule has 0 spiro atoms. The smallest absolute Gasteiger partial charge is 0.137 e. The molecule has 19 heavy (non-hydrogen) atoms. The molecule has 0 saturated heterocycles. The van der Waals surface area contributed by atoms with Crippen LogP contribution in [0.3, 0.4) is 0 Å². The van der Waals surface area contributed by atoms with Gasteiger partial charge in [-0.2, -0.15) is 0 Å². The molecule has 0 bridgehead atoms. The molecule has 0 aliphatic heterocycles. The summed E-state index contributed by atoms with van der Waals surface area (Å²) >= 11 is 0. The average Bonchev–Trinajstić information content (AvgIpc) is 2.39. The van der Waals surface area contributed by atoms with Crippen molar-refractivity contribution in [3.8, 4) is 0 Å². The Morgan fingerprint density at radius 2 is 2.00 bits per heavy atom. The Labute approximate surface area is 112 Å². The highest BCUT2D eigenvalue weighted by Crippen LogP contribution is 2.12. The van der Waals surface area contributed by atoms with Crippen LogP contribution in [0.15, 0.2) is 42.6 Å². The summed E-state index contributed by atoms with van der Waals surface area (Å²) in [5, 5.41) is 0. The number of anilines is 2. The fourth-order valence-electron chi connectivity index (χ4n) is 1.93. The number of carbonyl (C=O) groups is 1. The van der Waals surface area contributed by atoms with Crippen LogP contribution in [0.1, 0.15) is 17.5 Å². The molecule has 1 heterocycles. The van der Waals surface area contributed by atoms with Crippen LogP contribution in [0.4, 0.5) is 11.5 Å². The van der Waals surface area contributed by atoms with Crippen molar-refractivity contribution in [1.29, 1.82) is 0 Å². The van der Waals surface area contributed by atoms with Gasteiger partial charge in [0.05, 0.1) is 0 Å². The highest BCUT2D eigenvalue weighted by molar-refractivity contribution is 5.82. The molecule has 1 aromatic carbocycles. The number of aryl methyl sites for hydroxylation is 1. The van der Waals surface area contributed by atoms with Crippen molar-refractivity contribution < 1.29 is 4.79 Å². The van der Waals surface area contributed by atoms with E-state index in [2.05, 4.69) is 4.98 Å². The minimum Gasteiger partial charge on any atom is -0.399 e. The number of Topliss-reactive ketones (excluding diaryl/α,β-unsaturated/α-hetero) is 1. The van der Waals surface area contributed by atoms with Gasteiger partial charge in [-0.3, -0.25) is 4.79 Å². The molecular formula is C15H17N3O. The van der Waals surface area contributed by atoms with E-state index in [1.165, 1.54) is 0 Å². The number of hydrogen-bond acceptors (Lipinski definition) is 4. The fraction of sp³-hybridized carbons (Fsp3) is 0.200. The van der Waals surface area contributed by atoms with Gasteiger partial charge in [-0.25, -0.2) is 4.98 Å². The second-order valence-corrected chi connectivity index (χ2v) is 4.51. The third-order valence-electron chi connectivity index (χ3n) is 2.96. The molecule has 0 unspecified atom stereocenters. The SMILES string of the molecule is Nc1cccc(CCC(=O)Cc2cccnc2N)c1. The van der Waals surface area contributed by atoms with Gasteiger partial charge in [-0.1, -0.05) is 18.2 Å². The molecule has 0 saturated carbocycles. The monoisotopic (exact) mass is 255 g/mol. The number of rotatable bonds is 5. The maximum absolute atomic E-state index is 11.9. The van der Waals surface area contributed by atoms with Crippen molar-refractivity contribution in [2.75, 3.05) is 11.5 Å². The molecule has 4 nitrogen and oxygen atoms in total. The van der Waals surface area contributed by atoms with Gasteiger partial charge in [-0.15, -0.1) is 0 Å². The summed E-state index contributed by atoms with van der Waals surface area (Å²) in [5.41, 5.74) is 14.0. The maximum atomic E-state index is 11.9. The minimum absolute atomic E-state index is 0.155. The second-order valence-electron chi connectivity index (χ2n) is 4.51. The molecular weight excluding hydrogens is 238 g/mol. The van der Waals surface area contributed by atoms with Crippen LogP contribution in [0.2, 0.25) is 0 Å². The summed E-state index contributed by atoms with van der Waals surface area (Å²) in [7, 11) is 0. The lowest BCUT2D eigenvalue weighted by Gasteiger charge is -2.04. The summed E-state index contributed by atoms with van der Waals surface area (Å²) in [6.45, 7) is 0. The zero-order valence-corrected chi connectivity index (χ0v) is 10.7. The summed E-state index contributed by atoms with van der Waals surface area (Å²) < 4.78 is 0. The Balaban J connectivity index is 1.90. The van der Waals surface area contributed by atoms with Crippen LogP contribution in [0, 0.1) is 0 Å². The number of carbonyl (C=O) groups excluding carboxylic acids is 1. The van der Waals surface area contributed by atoms with Crippen LogP contribution >= 0.6 is 0 Å². The molecule has 0 aliphatic carbocycles. The lowest BCUT2D eigenvalue weighted by atomic mass is 10.0. The second kappa shape index (κ2) is 6.00. The lowest BCUT2D eigenvalue weighted by molar-refractivity contribution is -0.118. The molecule has 2 aromatic rings. The van der Waals surface area contributed by atoms with E-state index in [-0.39, 0.29) is 5.78 Å². The predicted molar refractivity (Wildman–Crippen MR) is 76.5 cm³/mol. The Kier molecular flexibility index (Phi) is 4.13. The summed E-state index contributed by atoms with van der Waals surface area (Å²) in [4.78, 5) is 15.9. The lowest BCUT2D eigenvalue weighted by Crippen LogP contribution is -2.07. The predicted octanol–water partition coefficient (Wildman–Crippen LogP) is 1.99. The summed E-state index contributed by atoms with van der Waals surface area (Å²) in [6.07, 6.45) is 3.14. The third-order valence-corrected chi connectivity index (χ3v) is 2.96. The van der Waals surface area contributed by atoms with Crippen LogP contribution in [0.5, 0.6) is 0 Å². The Hall–Kier alpha value is -2.36. The topological polar surface area (TPSA) is 82.0 Å². The molecule has 0 amide bonds. The van der Waals surface area contributed by atoms with Crippen molar-refractivity contribution in [2.45, 2.75) is 19.3 Å². The molecule has 0 radical (unpaired) electrons. The van der Waals surface area contributed by atoms with Gasteiger partial charge in [-0.05, 0) is 30.2 Å². The first-order chi connectivity index (χ1) is 9.15. The number of pyridine rings is 1.